The van der Waals surface area contributed by atoms with Crippen molar-refractivity contribution in [1.29, 1.82) is 0 Å². The van der Waals surface area contributed by atoms with Crippen molar-refractivity contribution in [2.24, 2.45) is 0 Å². The summed E-state index contributed by atoms with van der Waals surface area (Å²) in [6, 6.07) is 2.79. The molecule has 0 unspecified atom stereocenters. The van der Waals surface area contributed by atoms with E-state index in [1.165, 1.54) is 0 Å². The monoisotopic (exact) mass is 264 g/mol. The van der Waals surface area contributed by atoms with Gasteiger partial charge in [0, 0.05) is 30.9 Å². The summed E-state index contributed by atoms with van der Waals surface area (Å²) in [7, 11) is 4.14. The first-order valence-corrected chi connectivity index (χ1v) is 6.94. The van der Waals surface area contributed by atoms with Crippen molar-refractivity contribution < 1.29 is 4.79 Å². The second-order valence-corrected chi connectivity index (χ2v) is 5.83. The number of likely N-dealkylation sites (N-methyl/N-ethyl adjacent to an activating group) is 1. The van der Waals surface area contributed by atoms with Crippen LogP contribution in [0.4, 0.5) is 0 Å². The highest BCUT2D eigenvalue weighted by molar-refractivity contribution is 5.92. The molecule has 0 aromatic carbocycles. The number of aromatic nitrogens is 2. The molecule has 0 saturated carbocycles. The molecule has 19 heavy (non-hydrogen) atoms. The predicted molar refractivity (Wildman–Crippen MR) is 75.2 cm³/mol. The zero-order valence-corrected chi connectivity index (χ0v) is 12.5. The van der Waals surface area contributed by atoms with E-state index in [9.17, 15) is 4.79 Å². The van der Waals surface area contributed by atoms with Gasteiger partial charge in [0.15, 0.2) is 0 Å². The number of nitrogens with zero attached hydrogens (tertiary/aromatic N) is 4. The Labute approximate surface area is 115 Å². The van der Waals surface area contributed by atoms with Crippen LogP contribution in [-0.2, 0) is 0 Å². The smallest absolute Gasteiger partial charge is 0.274 e. The van der Waals surface area contributed by atoms with Gasteiger partial charge in [-0.2, -0.15) is 5.10 Å². The van der Waals surface area contributed by atoms with E-state index in [4.69, 9.17) is 0 Å². The number of amides is 1. The highest BCUT2D eigenvalue weighted by atomic mass is 16.2. The second-order valence-electron chi connectivity index (χ2n) is 5.83. The Hall–Kier alpha value is -1.36. The Bertz CT molecular complexity index is 452. The van der Waals surface area contributed by atoms with E-state index in [1.54, 1.807) is 0 Å². The maximum absolute atomic E-state index is 12.5. The van der Waals surface area contributed by atoms with Gasteiger partial charge in [-0.3, -0.25) is 9.48 Å². The molecule has 106 valence electrons. The molecule has 2 heterocycles. The summed E-state index contributed by atoms with van der Waals surface area (Å²) < 4.78 is 1.83. The van der Waals surface area contributed by atoms with Gasteiger partial charge in [0.25, 0.3) is 5.91 Å². The van der Waals surface area contributed by atoms with Crippen molar-refractivity contribution in [2.75, 3.05) is 20.6 Å². The highest BCUT2D eigenvalue weighted by Gasteiger charge is 2.35. The fraction of sp³-hybridized carbons (Fsp3) is 0.714. The zero-order chi connectivity index (χ0) is 14.2. The third-order valence-corrected chi connectivity index (χ3v) is 3.99. The number of hydrogen-bond acceptors (Lipinski definition) is 3. The normalized spacial score (nSPS) is 23.6. The minimum Gasteiger partial charge on any atom is -0.333 e. The number of hydrogen-bond donors (Lipinski definition) is 0. The summed E-state index contributed by atoms with van der Waals surface area (Å²) in [4.78, 5) is 16.6. The van der Waals surface area contributed by atoms with Crippen molar-refractivity contribution in [2.45, 2.75) is 45.3 Å². The summed E-state index contributed by atoms with van der Waals surface area (Å²) in [6.45, 7) is 7.05. The van der Waals surface area contributed by atoms with Gasteiger partial charge < -0.3 is 9.80 Å². The summed E-state index contributed by atoms with van der Waals surface area (Å²) in [5.41, 5.74) is 0.556. The van der Waals surface area contributed by atoms with Crippen LogP contribution >= 0.6 is 0 Å². The van der Waals surface area contributed by atoms with Crippen LogP contribution in [0.1, 0.15) is 43.7 Å². The van der Waals surface area contributed by atoms with Gasteiger partial charge in [-0.1, -0.05) is 0 Å². The molecule has 1 aromatic heterocycles. The minimum atomic E-state index is 0.0521. The molecule has 0 aliphatic carbocycles. The molecule has 1 aliphatic heterocycles. The van der Waals surface area contributed by atoms with E-state index in [2.05, 4.69) is 44.9 Å². The molecule has 2 rings (SSSR count). The number of likely N-dealkylation sites (tertiary alicyclic amines) is 1. The Morgan fingerprint density at radius 3 is 2.63 bits per heavy atom. The average molecular weight is 264 g/mol. The fourth-order valence-electron chi connectivity index (χ4n) is 2.79. The van der Waals surface area contributed by atoms with E-state index >= 15 is 0 Å². The number of carbonyl (C=O) groups excluding carboxylic acids is 1. The lowest BCUT2D eigenvalue weighted by Gasteiger charge is -2.27. The lowest BCUT2D eigenvalue weighted by atomic mass is 10.1. The molecular formula is C14H24N4O. The molecule has 1 aromatic rings. The molecule has 5 heteroatoms. The molecule has 0 radical (unpaired) electrons. The summed E-state index contributed by atoms with van der Waals surface area (Å²) in [5, 5.41) is 4.37. The van der Waals surface area contributed by atoms with Crippen molar-refractivity contribution >= 4 is 5.91 Å². The summed E-state index contributed by atoms with van der Waals surface area (Å²) >= 11 is 0. The Balaban J connectivity index is 2.12. The van der Waals surface area contributed by atoms with Gasteiger partial charge in [-0.25, -0.2) is 0 Å². The largest absolute Gasteiger partial charge is 0.333 e. The topological polar surface area (TPSA) is 41.4 Å². The Kier molecular flexibility index (Phi) is 3.94. The third kappa shape index (κ3) is 2.66. The van der Waals surface area contributed by atoms with Crippen LogP contribution in [0.2, 0.25) is 0 Å². The second kappa shape index (κ2) is 5.33. The maximum Gasteiger partial charge on any atom is 0.274 e. The van der Waals surface area contributed by atoms with Gasteiger partial charge >= 0.3 is 0 Å². The first-order valence-electron chi connectivity index (χ1n) is 6.94. The van der Waals surface area contributed by atoms with Crippen LogP contribution in [-0.4, -0.2) is 58.2 Å². The average Bonchev–Trinajstić information content (AvgIpc) is 2.94. The van der Waals surface area contributed by atoms with E-state index < -0.39 is 0 Å². The SMILES string of the molecule is CC(C)n1ccc(C(=O)N2CC[C@@H](N(C)C)[C@H]2C)n1. The van der Waals surface area contributed by atoms with Crippen LogP contribution < -0.4 is 0 Å². The summed E-state index contributed by atoms with van der Waals surface area (Å²) in [6.07, 6.45) is 2.91. The van der Waals surface area contributed by atoms with Gasteiger partial charge in [0.1, 0.15) is 5.69 Å². The zero-order valence-electron chi connectivity index (χ0n) is 12.5. The molecule has 1 aliphatic rings. The fourth-order valence-corrected chi connectivity index (χ4v) is 2.79. The third-order valence-electron chi connectivity index (χ3n) is 3.99. The number of rotatable bonds is 3. The molecule has 0 bridgehead atoms. The molecule has 0 spiro atoms. The quantitative estimate of drug-likeness (QED) is 0.833. The van der Waals surface area contributed by atoms with Crippen molar-refractivity contribution in [3.63, 3.8) is 0 Å². The van der Waals surface area contributed by atoms with E-state index in [0.29, 0.717) is 11.7 Å². The first-order chi connectivity index (χ1) is 8.91. The highest BCUT2D eigenvalue weighted by Crippen LogP contribution is 2.23. The Morgan fingerprint density at radius 2 is 2.16 bits per heavy atom. The predicted octanol–water partition coefficient (Wildman–Crippen LogP) is 1.63. The molecule has 1 saturated heterocycles. The van der Waals surface area contributed by atoms with Crippen molar-refractivity contribution in [3.8, 4) is 0 Å². The van der Waals surface area contributed by atoms with Gasteiger partial charge in [0.2, 0.25) is 0 Å². The van der Waals surface area contributed by atoms with Crippen LogP contribution in [0, 0.1) is 0 Å². The maximum atomic E-state index is 12.5. The molecule has 1 amide bonds. The Morgan fingerprint density at radius 1 is 1.47 bits per heavy atom. The van der Waals surface area contributed by atoms with E-state index in [0.717, 1.165) is 13.0 Å². The van der Waals surface area contributed by atoms with Gasteiger partial charge in [-0.15, -0.1) is 0 Å². The molecule has 5 nitrogen and oxygen atoms in total. The molecule has 2 atom stereocenters. The van der Waals surface area contributed by atoms with Crippen molar-refractivity contribution in [1.82, 2.24) is 19.6 Å². The lowest BCUT2D eigenvalue weighted by Crippen LogP contribution is -2.42. The number of carbonyl (C=O) groups is 1. The van der Waals surface area contributed by atoms with Gasteiger partial charge in [-0.05, 0) is 47.4 Å². The van der Waals surface area contributed by atoms with Crippen LogP contribution in [0.5, 0.6) is 0 Å². The van der Waals surface area contributed by atoms with Gasteiger partial charge in [0.05, 0.1) is 0 Å². The lowest BCUT2D eigenvalue weighted by molar-refractivity contribution is 0.0713. The molecular weight excluding hydrogens is 240 g/mol. The van der Waals surface area contributed by atoms with Crippen LogP contribution in [0.3, 0.4) is 0 Å². The van der Waals surface area contributed by atoms with Crippen LogP contribution in [0.15, 0.2) is 12.3 Å². The summed E-state index contributed by atoms with van der Waals surface area (Å²) in [5.74, 6) is 0.0521. The van der Waals surface area contributed by atoms with Crippen LogP contribution in [0.25, 0.3) is 0 Å². The van der Waals surface area contributed by atoms with Crippen molar-refractivity contribution in [3.05, 3.63) is 18.0 Å². The molecule has 0 N–H and O–H groups in total. The molecule has 1 fully saturated rings. The van der Waals surface area contributed by atoms with E-state index in [-0.39, 0.29) is 18.0 Å². The minimum absolute atomic E-state index is 0.0521. The standard InChI is InChI=1S/C14H24N4O/c1-10(2)18-9-6-12(15-18)14(19)17-8-7-13(11(17)3)16(4)5/h6,9-11,13H,7-8H2,1-5H3/t11-,13-/m1/s1. The van der Waals surface area contributed by atoms with E-state index in [1.807, 2.05) is 21.8 Å². The first kappa shape index (κ1) is 14.1.